The van der Waals surface area contributed by atoms with Crippen molar-refractivity contribution in [2.45, 2.75) is 6.42 Å². The average molecular weight is 240 g/mol. The van der Waals surface area contributed by atoms with E-state index in [0.29, 0.717) is 5.69 Å². The van der Waals surface area contributed by atoms with E-state index in [1.54, 1.807) is 23.9 Å². The summed E-state index contributed by atoms with van der Waals surface area (Å²) < 4.78 is 0. The molecular weight excluding hydrogens is 224 g/mol. The van der Waals surface area contributed by atoms with Gasteiger partial charge in [-0.15, -0.1) is 0 Å². The predicted molar refractivity (Wildman–Crippen MR) is 69.3 cm³/mol. The molecule has 0 aliphatic carbocycles. The maximum Gasteiger partial charge on any atom is 0.337 e. The number of thioether (sulfide) groups is 1. The molecule has 0 atom stereocenters. The summed E-state index contributed by atoms with van der Waals surface area (Å²) >= 11 is 1.80. The normalized spacial score (nSPS) is 10.1. The number of carboxylic acids is 1. The van der Waals surface area contributed by atoms with Gasteiger partial charge in [-0.25, -0.2) is 4.79 Å². The number of benzene rings is 1. The Morgan fingerprint density at radius 2 is 2.31 bits per heavy atom. The smallest absolute Gasteiger partial charge is 0.337 e. The van der Waals surface area contributed by atoms with Crippen LogP contribution in [0.3, 0.4) is 0 Å². The van der Waals surface area contributed by atoms with Crippen LogP contribution in [0.5, 0.6) is 0 Å². The first kappa shape index (κ1) is 12.7. The highest BCUT2D eigenvalue weighted by atomic mass is 32.2. The number of nitrogens with one attached hydrogen (secondary N) is 1. The van der Waals surface area contributed by atoms with Gasteiger partial charge >= 0.3 is 5.97 Å². The van der Waals surface area contributed by atoms with Crippen molar-refractivity contribution in [2.75, 3.05) is 29.6 Å². The fourth-order valence-electron chi connectivity index (χ4n) is 1.32. The quantitative estimate of drug-likeness (QED) is 0.524. The molecule has 0 heterocycles. The van der Waals surface area contributed by atoms with Crippen molar-refractivity contribution in [3.05, 3.63) is 23.8 Å². The number of carbonyl (C=O) groups is 1. The zero-order valence-electron chi connectivity index (χ0n) is 9.19. The number of rotatable bonds is 6. The van der Waals surface area contributed by atoms with Crippen molar-refractivity contribution in [3.8, 4) is 0 Å². The maximum absolute atomic E-state index is 10.7. The lowest BCUT2D eigenvalue weighted by molar-refractivity contribution is 0.0698. The molecule has 0 saturated carbocycles. The molecule has 0 saturated heterocycles. The minimum absolute atomic E-state index is 0.148. The van der Waals surface area contributed by atoms with E-state index in [0.717, 1.165) is 24.4 Å². The first-order valence-corrected chi connectivity index (χ1v) is 6.40. The van der Waals surface area contributed by atoms with E-state index in [4.69, 9.17) is 10.8 Å². The van der Waals surface area contributed by atoms with Gasteiger partial charge in [0.15, 0.2) is 0 Å². The lowest BCUT2D eigenvalue weighted by atomic mass is 10.1. The molecule has 0 radical (unpaired) electrons. The van der Waals surface area contributed by atoms with Gasteiger partial charge in [-0.1, -0.05) is 0 Å². The highest BCUT2D eigenvalue weighted by molar-refractivity contribution is 7.98. The molecule has 0 aliphatic rings. The van der Waals surface area contributed by atoms with Gasteiger partial charge in [0.2, 0.25) is 0 Å². The molecule has 0 bridgehead atoms. The molecule has 0 aromatic heterocycles. The lowest BCUT2D eigenvalue weighted by Gasteiger charge is -2.08. The van der Waals surface area contributed by atoms with Gasteiger partial charge in [-0.3, -0.25) is 0 Å². The highest BCUT2D eigenvalue weighted by Gasteiger charge is 2.07. The van der Waals surface area contributed by atoms with E-state index in [2.05, 4.69) is 11.6 Å². The second kappa shape index (κ2) is 6.27. The van der Waals surface area contributed by atoms with Crippen LogP contribution in [0.2, 0.25) is 0 Å². The van der Waals surface area contributed by atoms with E-state index in [9.17, 15) is 4.79 Å². The SMILES string of the molecule is CSCCCNc1ccc(C(=O)O)c(N)c1. The zero-order chi connectivity index (χ0) is 12.0. The molecule has 0 aliphatic heterocycles. The minimum Gasteiger partial charge on any atom is -0.478 e. The van der Waals surface area contributed by atoms with Crippen LogP contribution in [-0.4, -0.2) is 29.6 Å². The lowest BCUT2D eigenvalue weighted by Crippen LogP contribution is -2.06. The Hall–Kier alpha value is -1.36. The maximum atomic E-state index is 10.7. The van der Waals surface area contributed by atoms with Crippen molar-refractivity contribution in [1.29, 1.82) is 0 Å². The summed E-state index contributed by atoms with van der Waals surface area (Å²) in [6, 6.07) is 4.91. The molecular formula is C11H16N2O2S. The molecule has 1 rings (SSSR count). The molecule has 5 heteroatoms. The Morgan fingerprint density at radius 1 is 1.56 bits per heavy atom. The highest BCUT2D eigenvalue weighted by Crippen LogP contribution is 2.17. The molecule has 0 spiro atoms. The summed E-state index contributed by atoms with van der Waals surface area (Å²) in [7, 11) is 0. The van der Waals surface area contributed by atoms with Gasteiger partial charge in [-0.2, -0.15) is 11.8 Å². The fourth-order valence-corrected chi connectivity index (χ4v) is 1.75. The second-order valence-corrected chi connectivity index (χ2v) is 4.37. The second-order valence-electron chi connectivity index (χ2n) is 3.38. The monoisotopic (exact) mass is 240 g/mol. The summed E-state index contributed by atoms with van der Waals surface area (Å²) in [4.78, 5) is 10.7. The van der Waals surface area contributed by atoms with E-state index in [-0.39, 0.29) is 5.56 Å². The Bertz CT molecular complexity index is 369. The third kappa shape index (κ3) is 3.66. The number of aromatic carboxylic acids is 1. The molecule has 4 N–H and O–H groups in total. The topological polar surface area (TPSA) is 75.3 Å². The molecule has 88 valence electrons. The number of anilines is 2. The number of nitrogen functional groups attached to an aromatic ring is 1. The van der Waals surface area contributed by atoms with Crippen molar-refractivity contribution in [3.63, 3.8) is 0 Å². The first-order chi connectivity index (χ1) is 7.65. The molecule has 0 unspecified atom stereocenters. The first-order valence-electron chi connectivity index (χ1n) is 5.00. The standard InChI is InChI=1S/C11H16N2O2S/c1-16-6-2-5-13-8-3-4-9(11(14)15)10(12)7-8/h3-4,7,13H,2,5-6,12H2,1H3,(H,14,15). The molecule has 1 aromatic rings. The van der Waals surface area contributed by atoms with Crippen LogP contribution in [0.4, 0.5) is 11.4 Å². The van der Waals surface area contributed by atoms with Gasteiger partial charge < -0.3 is 16.2 Å². The van der Waals surface area contributed by atoms with Crippen molar-refractivity contribution < 1.29 is 9.90 Å². The summed E-state index contributed by atoms with van der Waals surface area (Å²) in [6.45, 7) is 0.868. The van der Waals surface area contributed by atoms with Gasteiger partial charge in [-0.05, 0) is 36.6 Å². The van der Waals surface area contributed by atoms with E-state index >= 15 is 0 Å². The van der Waals surface area contributed by atoms with Crippen LogP contribution in [0.1, 0.15) is 16.8 Å². The Morgan fingerprint density at radius 3 is 2.88 bits per heavy atom. The minimum atomic E-state index is -0.994. The third-order valence-corrected chi connectivity index (χ3v) is 2.83. The van der Waals surface area contributed by atoms with Crippen molar-refractivity contribution >= 4 is 29.1 Å². The Kier molecular flexibility index (Phi) is 4.98. The molecule has 0 amide bonds. The summed E-state index contributed by atoms with van der Waals surface area (Å²) in [6.07, 6.45) is 3.14. The van der Waals surface area contributed by atoms with Gasteiger partial charge in [0.1, 0.15) is 0 Å². The fraction of sp³-hybridized carbons (Fsp3) is 0.364. The molecule has 4 nitrogen and oxygen atoms in total. The summed E-state index contributed by atoms with van der Waals surface area (Å²) in [5.41, 5.74) is 6.93. The Labute approximate surface area is 99.2 Å². The average Bonchev–Trinajstić information content (AvgIpc) is 2.24. The summed E-state index contributed by atoms with van der Waals surface area (Å²) in [5.74, 6) is 0.113. The van der Waals surface area contributed by atoms with E-state index < -0.39 is 5.97 Å². The van der Waals surface area contributed by atoms with Crippen LogP contribution >= 0.6 is 11.8 Å². The largest absolute Gasteiger partial charge is 0.478 e. The third-order valence-electron chi connectivity index (χ3n) is 2.14. The number of carboxylic acid groups (broad SMARTS) is 1. The van der Waals surface area contributed by atoms with Crippen LogP contribution in [0.15, 0.2) is 18.2 Å². The van der Waals surface area contributed by atoms with Crippen molar-refractivity contribution in [2.24, 2.45) is 0 Å². The number of hydrogen-bond acceptors (Lipinski definition) is 4. The zero-order valence-corrected chi connectivity index (χ0v) is 10.0. The predicted octanol–water partition coefficient (Wildman–Crippen LogP) is 2.13. The van der Waals surface area contributed by atoms with Crippen LogP contribution in [0.25, 0.3) is 0 Å². The van der Waals surface area contributed by atoms with E-state index in [1.165, 1.54) is 6.07 Å². The number of nitrogens with two attached hydrogens (primary N) is 1. The molecule has 1 aromatic carbocycles. The molecule has 16 heavy (non-hydrogen) atoms. The van der Waals surface area contributed by atoms with Crippen LogP contribution < -0.4 is 11.1 Å². The van der Waals surface area contributed by atoms with Gasteiger partial charge in [0, 0.05) is 17.9 Å². The van der Waals surface area contributed by atoms with Crippen LogP contribution in [0, 0.1) is 0 Å². The van der Waals surface area contributed by atoms with Gasteiger partial charge in [0.05, 0.1) is 5.56 Å². The summed E-state index contributed by atoms with van der Waals surface area (Å²) in [5, 5.41) is 12.0. The number of hydrogen-bond donors (Lipinski definition) is 3. The van der Waals surface area contributed by atoms with Crippen LogP contribution in [-0.2, 0) is 0 Å². The molecule has 0 fully saturated rings. The van der Waals surface area contributed by atoms with Gasteiger partial charge in [0.25, 0.3) is 0 Å². The Balaban J connectivity index is 2.56. The van der Waals surface area contributed by atoms with E-state index in [1.807, 2.05) is 0 Å². The van der Waals surface area contributed by atoms with Crippen molar-refractivity contribution in [1.82, 2.24) is 0 Å².